The topological polar surface area (TPSA) is 74.6 Å². The summed E-state index contributed by atoms with van der Waals surface area (Å²) in [6.07, 6.45) is 2.93. The van der Waals surface area contributed by atoms with Crippen molar-refractivity contribution in [2.24, 2.45) is 11.8 Å². The maximum atomic E-state index is 11.1. The fraction of sp³-hybridized carbons (Fsp3) is 0.467. The fourth-order valence-electron chi connectivity index (χ4n) is 2.86. The molecule has 0 radical (unpaired) electrons. The van der Waals surface area contributed by atoms with Gasteiger partial charge in [-0.3, -0.25) is 9.59 Å². The number of benzene rings is 1. The van der Waals surface area contributed by atoms with Crippen LogP contribution in [0.15, 0.2) is 24.3 Å². The van der Waals surface area contributed by atoms with E-state index >= 15 is 0 Å². The monoisotopic (exact) mass is 262 g/mol. The summed E-state index contributed by atoms with van der Waals surface area (Å²) in [6, 6.07) is 8.20. The Hall–Kier alpha value is -1.84. The third-order valence-electron chi connectivity index (χ3n) is 3.84. The zero-order valence-corrected chi connectivity index (χ0v) is 10.7. The number of carboxylic acid groups (broad SMARTS) is 2. The maximum Gasteiger partial charge on any atom is 0.307 e. The minimum absolute atomic E-state index is 0.273. The van der Waals surface area contributed by atoms with Crippen molar-refractivity contribution in [2.75, 3.05) is 0 Å². The fourth-order valence-corrected chi connectivity index (χ4v) is 2.86. The molecule has 2 rings (SSSR count). The number of aryl methyl sites for hydroxylation is 1. The SMILES string of the molecule is O=C(O)CC(CC1CCc2ccccc2C1)C(=O)O. The molecule has 19 heavy (non-hydrogen) atoms. The molecule has 0 fully saturated rings. The average molecular weight is 262 g/mol. The first-order valence-corrected chi connectivity index (χ1v) is 6.57. The second-order valence-electron chi connectivity index (χ2n) is 5.25. The molecule has 1 aromatic rings. The van der Waals surface area contributed by atoms with Gasteiger partial charge in [-0.25, -0.2) is 0 Å². The quantitative estimate of drug-likeness (QED) is 0.854. The van der Waals surface area contributed by atoms with Gasteiger partial charge in [0.15, 0.2) is 0 Å². The van der Waals surface area contributed by atoms with E-state index in [-0.39, 0.29) is 12.3 Å². The van der Waals surface area contributed by atoms with Crippen LogP contribution in [0.25, 0.3) is 0 Å². The van der Waals surface area contributed by atoms with Gasteiger partial charge in [0.2, 0.25) is 0 Å². The Kier molecular flexibility index (Phi) is 4.20. The van der Waals surface area contributed by atoms with Crippen LogP contribution in [0.3, 0.4) is 0 Å². The minimum atomic E-state index is -1.04. The number of rotatable bonds is 5. The molecular formula is C15H18O4. The van der Waals surface area contributed by atoms with Gasteiger partial charge in [0.05, 0.1) is 12.3 Å². The van der Waals surface area contributed by atoms with Crippen molar-refractivity contribution < 1.29 is 19.8 Å². The van der Waals surface area contributed by atoms with E-state index in [0.29, 0.717) is 6.42 Å². The summed E-state index contributed by atoms with van der Waals surface area (Å²) in [7, 11) is 0. The highest BCUT2D eigenvalue weighted by Gasteiger charge is 2.27. The Morgan fingerprint density at radius 2 is 1.89 bits per heavy atom. The van der Waals surface area contributed by atoms with Crippen molar-refractivity contribution >= 4 is 11.9 Å². The number of aliphatic carboxylic acids is 2. The predicted molar refractivity (Wildman–Crippen MR) is 70.0 cm³/mol. The predicted octanol–water partition coefficient (Wildman–Crippen LogP) is 2.36. The minimum Gasteiger partial charge on any atom is -0.481 e. The van der Waals surface area contributed by atoms with Crippen LogP contribution in [0.4, 0.5) is 0 Å². The van der Waals surface area contributed by atoms with Crippen LogP contribution in [0, 0.1) is 11.8 Å². The lowest BCUT2D eigenvalue weighted by Gasteiger charge is -2.26. The van der Waals surface area contributed by atoms with E-state index in [9.17, 15) is 9.59 Å². The van der Waals surface area contributed by atoms with Crippen molar-refractivity contribution in [3.63, 3.8) is 0 Å². The summed E-state index contributed by atoms with van der Waals surface area (Å²) in [6.45, 7) is 0. The van der Waals surface area contributed by atoms with Crippen molar-refractivity contribution in [3.8, 4) is 0 Å². The number of hydrogen-bond acceptors (Lipinski definition) is 2. The van der Waals surface area contributed by atoms with Crippen LogP contribution in [0.2, 0.25) is 0 Å². The Bertz CT molecular complexity index is 481. The van der Waals surface area contributed by atoms with E-state index in [1.807, 2.05) is 12.1 Å². The first-order chi connectivity index (χ1) is 9.06. The summed E-state index contributed by atoms with van der Waals surface area (Å²) in [4.78, 5) is 21.8. The molecule has 0 saturated heterocycles. The normalized spacial score (nSPS) is 19.5. The zero-order chi connectivity index (χ0) is 13.8. The molecule has 2 atom stereocenters. The molecule has 0 amide bonds. The van der Waals surface area contributed by atoms with Crippen LogP contribution < -0.4 is 0 Å². The van der Waals surface area contributed by atoms with Gasteiger partial charge in [-0.05, 0) is 42.7 Å². The lowest BCUT2D eigenvalue weighted by atomic mass is 9.79. The molecule has 1 aromatic carbocycles. The summed E-state index contributed by atoms with van der Waals surface area (Å²) in [5, 5.41) is 17.8. The third kappa shape index (κ3) is 3.56. The number of hydrogen-bond donors (Lipinski definition) is 2. The van der Waals surface area contributed by atoms with Gasteiger partial charge in [-0.15, -0.1) is 0 Å². The molecule has 1 aliphatic carbocycles. The summed E-state index contributed by atoms with van der Waals surface area (Å²) in [5.74, 6) is -2.53. The molecule has 0 bridgehead atoms. The first-order valence-electron chi connectivity index (χ1n) is 6.57. The van der Waals surface area contributed by atoms with Gasteiger partial charge in [-0.1, -0.05) is 24.3 Å². The van der Waals surface area contributed by atoms with E-state index in [0.717, 1.165) is 19.3 Å². The Morgan fingerprint density at radius 3 is 2.53 bits per heavy atom. The van der Waals surface area contributed by atoms with E-state index in [2.05, 4.69) is 12.1 Å². The molecule has 0 aromatic heterocycles. The van der Waals surface area contributed by atoms with Gasteiger partial charge in [0, 0.05) is 0 Å². The highest BCUT2D eigenvalue weighted by molar-refractivity contribution is 5.77. The van der Waals surface area contributed by atoms with E-state index in [1.54, 1.807) is 0 Å². The lowest BCUT2D eigenvalue weighted by Crippen LogP contribution is -2.24. The number of carboxylic acids is 2. The van der Waals surface area contributed by atoms with Crippen LogP contribution in [0.1, 0.15) is 30.4 Å². The van der Waals surface area contributed by atoms with Gasteiger partial charge in [0.25, 0.3) is 0 Å². The Labute approximate surface area is 112 Å². The van der Waals surface area contributed by atoms with Gasteiger partial charge < -0.3 is 10.2 Å². The molecule has 0 heterocycles. The molecule has 2 N–H and O–H groups in total. The summed E-state index contributed by atoms with van der Waals surface area (Å²) < 4.78 is 0. The van der Waals surface area contributed by atoms with Crippen molar-refractivity contribution in [1.82, 2.24) is 0 Å². The van der Waals surface area contributed by atoms with Crippen LogP contribution in [0.5, 0.6) is 0 Å². The standard InChI is InChI=1S/C15H18O4/c16-14(17)9-13(15(18)19)8-10-5-6-11-3-1-2-4-12(11)7-10/h1-4,10,13H,5-9H2,(H,16,17)(H,18,19). The molecule has 4 heteroatoms. The molecule has 2 unspecified atom stereocenters. The van der Waals surface area contributed by atoms with Crippen LogP contribution in [-0.2, 0) is 22.4 Å². The molecule has 4 nitrogen and oxygen atoms in total. The smallest absolute Gasteiger partial charge is 0.307 e. The van der Waals surface area contributed by atoms with E-state index in [4.69, 9.17) is 10.2 Å². The first kappa shape index (κ1) is 13.6. The van der Waals surface area contributed by atoms with Crippen molar-refractivity contribution in [3.05, 3.63) is 35.4 Å². The summed E-state index contributed by atoms with van der Waals surface area (Å²) in [5.41, 5.74) is 2.61. The maximum absolute atomic E-state index is 11.1. The van der Waals surface area contributed by atoms with Crippen LogP contribution >= 0.6 is 0 Å². The molecule has 0 saturated carbocycles. The van der Waals surface area contributed by atoms with Crippen molar-refractivity contribution in [1.29, 1.82) is 0 Å². The highest BCUT2D eigenvalue weighted by Crippen LogP contribution is 2.30. The van der Waals surface area contributed by atoms with Gasteiger partial charge in [-0.2, -0.15) is 0 Å². The van der Waals surface area contributed by atoms with Gasteiger partial charge in [0.1, 0.15) is 0 Å². The highest BCUT2D eigenvalue weighted by atomic mass is 16.4. The molecule has 0 spiro atoms. The van der Waals surface area contributed by atoms with E-state index in [1.165, 1.54) is 11.1 Å². The largest absolute Gasteiger partial charge is 0.481 e. The number of carbonyl (C=O) groups is 2. The molecule has 1 aliphatic rings. The molecule has 102 valence electrons. The lowest BCUT2D eigenvalue weighted by molar-refractivity contribution is -0.148. The van der Waals surface area contributed by atoms with Crippen molar-refractivity contribution in [2.45, 2.75) is 32.1 Å². The second-order valence-corrected chi connectivity index (χ2v) is 5.25. The van der Waals surface area contributed by atoms with Gasteiger partial charge >= 0.3 is 11.9 Å². The summed E-state index contributed by atoms with van der Waals surface area (Å²) >= 11 is 0. The second kappa shape index (κ2) is 5.87. The zero-order valence-electron chi connectivity index (χ0n) is 10.7. The average Bonchev–Trinajstić information content (AvgIpc) is 2.37. The van der Waals surface area contributed by atoms with E-state index < -0.39 is 17.9 Å². The molecular weight excluding hydrogens is 244 g/mol. The van der Waals surface area contributed by atoms with Crippen LogP contribution in [-0.4, -0.2) is 22.2 Å². The third-order valence-corrected chi connectivity index (χ3v) is 3.84. The Morgan fingerprint density at radius 1 is 1.21 bits per heavy atom. The number of fused-ring (bicyclic) bond motifs is 1. The Balaban J connectivity index is 2.00. The molecule has 0 aliphatic heterocycles.